The van der Waals surface area contributed by atoms with Gasteiger partial charge in [-0.1, -0.05) is 67.6 Å². The normalized spacial score (nSPS) is 16.8. The first kappa shape index (κ1) is 17.7. The molecule has 132 valence electrons. The van der Waals surface area contributed by atoms with Crippen LogP contribution in [0.5, 0.6) is 0 Å². The molecule has 25 heavy (non-hydrogen) atoms. The Morgan fingerprint density at radius 1 is 0.960 bits per heavy atom. The van der Waals surface area contributed by atoms with Crippen LogP contribution in [0.25, 0.3) is 0 Å². The van der Waals surface area contributed by atoms with Crippen molar-refractivity contribution in [3.05, 3.63) is 71.8 Å². The van der Waals surface area contributed by atoms with Crippen molar-refractivity contribution in [2.45, 2.75) is 32.2 Å². The standard InChI is InChI=1S/C22H28N2O/c1-3-18(2)23-14-16-24(17-15-23)22(25)21(19-10-6-4-7-11-19)20-12-8-5-9-13-20/h4-13,18,21H,3,14-17H2,1-2H3/p+1/t18-/m1/s1. The Labute approximate surface area is 151 Å². The van der Waals surface area contributed by atoms with Crippen LogP contribution in [0.1, 0.15) is 37.3 Å². The third-order valence-electron chi connectivity index (χ3n) is 5.54. The number of amides is 1. The number of hydrogen-bond donors (Lipinski definition) is 1. The molecule has 3 heteroatoms. The minimum atomic E-state index is -0.201. The summed E-state index contributed by atoms with van der Waals surface area (Å²) in [5.41, 5.74) is 2.16. The molecule has 0 unspecified atom stereocenters. The molecule has 3 rings (SSSR count). The fourth-order valence-electron chi connectivity index (χ4n) is 3.75. The number of benzene rings is 2. The first-order valence-electron chi connectivity index (χ1n) is 9.44. The van der Waals surface area contributed by atoms with Crippen LogP contribution < -0.4 is 4.90 Å². The first-order chi connectivity index (χ1) is 12.2. The smallest absolute Gasteiger partial charge is 0.234 e. The Balaban J connectivity index is 1.79. The zero-order chi connectivity index (χ0) is 17.6. The van der Waals surface area contributed by atoms with Crippen LogP contribution in [-0.2, 0) is 4.79 Å². The summed E-state index contributed by atoms with van der Waals surface area (Å²) < 4.78 is 0. The van der Waals surface area contributed by atoms with E-state index >= 15 is 0 Å². The van der Waals surface area contributed by atoms with E-state index < -0.39 is 0 Å². The molecule has 1 fully saturated rings. The molecule has 1 heterocycles. The maximum absolute atomic E-state index is 13.4. The lowest BCUT2D eigenvalue weighted by atomic mass is 9.90. The molecule has 1 N–H and O–H groups in total. The average Bonchev–Trinajstić information content (AvgIpc) is 2.69. The first-order valence-corrected chi connectivity index (χ1v) is 9.44. The summed E-state index contributed by atoms with van der Waals surface area (Å²) in [6.45, 7) is 8.37. The molecule has 0 radical (unpaired) electrons. The van der Waals surface area contributed by atoms with Crippen molar-refractivity contribution in [1.29, 1.82) is 0 Å². The van der Waals surface area contributed by atoms with Crippen molar-refractivity contribution in [1.82, 2.24) is 4.90 Å². The summed E-state index contributed by atoms with van der Waals surface area (Å²) in [5.74, 6) is 0.0353. The van der Waals surface area contributed by atoms with Crippen LogP contribution in [0, 0.1) is 0 Å². The van der Waals surface area contributed by atoms with Crippen molar-refractivity contribution >= 4 is 5.91 Å². The molecule has 2 aromatic rings. The number of piperazine rings is 1. The predicted octanol–water partition coefficient (Wildman–Crippen LogP) is 2.34. The quantitative estimate of drug-likeness (QED) is 0.890. The second-order valence-electron chi connectivity index (χ2n) is 7.05. The monoisotopic (exact) mass is 337 g/mol. The Hall–Kier alpha value is -2.13. The van der Waals surface area contributed by atoms with Gasteiger partial charge in [0.25, 0.3) is 0 Å². The van der Waals surface area contributed by atoms with Gasteiger partial charge in [-0.05, 0) is 24.5 Å². The van der Waals surface area contributed by atoms with Crippen LogP contribution in [0.2, 0.25) is 0 Å². The Morgan fingerprint density at radius 3 is 1.88 bits per heavy atom. The minimum absolute atomic E-state index is 0.201. The fraction of sp³-hybridized carbons (Fsp3) is 0.409. The third kappa shape index (κ3) is 4.10. The summed E-state index contributed by atoms with van der Waals surface area (Å²) in [5, 5.41) is 0. The molecule has 1 atom stereocenters. The van der Waals surface area contributed by atoms with Gasteiger partial charge in [0, 0.05) is 0 Å². The highest BCUT2D eigenvalue weighted by atomic mass is 16.2. The molecular formula is C22H29N2O+. The summed E-state index contributed by atoms with van der Waals surface area (Å²) >= 11 is 0. The molecule has 0 aliphatic carbocycles. The highest BCUT2D eigenvalue weighted by molar-refractivity contribution is 5.87. The van der Waals surface area contributed by atoms with Gasteiger partial charge in [-0.2, -0.15) is 0 Å². The van der Waals surface area contributed by atoms with Crippen LogP contribution in [0.4, 0.5) is 0 Å². The van der Waals surface area contributed by atoms with E-state index in [4.69, 9.17) is 0 Å². The summed E-state index contributed by atoms with van der Waals surface area (Å²) in [6, 6.07) is 21.0. The number of hydrogen-bond acceptors (Lipinski definition) is 1. The number of rotatable bonds is 5. The van der Waals surface area contributed by atoms with Gasteiger partial charge < -0.3 is 9.80 Å². The van der Waals surface area contributed by atoms with Gasteiger partial charge in [-0.15, -0.1) is 0 Å². The van der Waals surface area contributed by atoms with E-state index in [0.717, 1.165) is 37.3 Å². The zero-order valence-electron chi connectivity index (χ0n) is 15.3. The highest BCUT2D eigenvalue weighted by Gasteiger charge is 2.31. The van der Waals surface area contributed by atoms with Gasteiger partial charge in [0.15, 0.2) is 0 Å². The van der Waals surface area contributed by atoms with Gasteiger partial charge in [-0.25, -0.2) is 0 Å². The lowest BCUT2D eigenvalue weighted by Crippen LogP contribution is -3.17. The van der Waals surface area contributed by atoms with E-state index in [1.54, 1.807) is 4.90 Å². The van der Waals surface area contributed by atoms with Crippen LogP contribution in [-0.4, -0.2) is 43.0 Å². The maximum atomic E-state index is 13.4. The van der Waals surface area contributed by atoms with Gasteiger partial charge in [0.1, 0.15) is 0 Å². The van der Waals surface area contributed by atoms with Crippen molar-refractivity contribution < 1.29 is 9.69 Å². The minimum Gasteiger partial charge on any atom is -0.331 e. The summed E-state index contributed by atoms with van der Waals surface area (Å²) in [6.07, 6.45) is 1.19. The second-order valence-corrected chi connectivity index (χ2v) is 7.05. The molecule has 3 nitrogen and oxygen atoms in total. The molecule has 0 bridgehead atoms. The lowest BCUT2D eigenvalue weighted by molar-refractivity contribution is -0.927. The molecule has 0 aromatic heterocycles. The summed E-state index contributed by atoms with van der Waals surface area (Å²) in [7, 11) is 0. The highest BCUT2D eigenvalue weighted by Crippen LogP contribution is 2.26. The second kappa shape index (κ2) is 8.30. The maximum Gasteiger partial charge on any atom is 0.234 e. The Bertz CT molecular complexity index is 623. The largest absolute Gasteiger partial charge is 0.331 e. The van der Waals surface area contributed by atoms with E-state index in [1.807, 2.05) is 36.4 Å². The predicted molar refractivity (Wildman–Crippen MR) is 102 cm³/mol. The number of carbonyl (C=O) groups is 1. The third-order valence-corrected chi connectivity index (χ3v) is 5.54. The van der Waals surface area contributed by atoms with Gasteiger partial charge in [-0.3, -0.25) is 4.79 Å². The van der Waals surface area contributed by atoms with Crippen molar-refractivity contribution in [3.8, 4) is 0 Å². The Morgan fingerprint density at radius 2 is 1.44 bits per heavy atom. The molecule has 0 spiro atoms. The molecule has 1 aliphatic rings. The summed E-state index contributed by atoms with van der Waals surface area (Å²) in [4.78, 5) is 17.1. The molecule has 1 aliphatic heterocycles. The number of quaternary nitrogens is 1. The van der Waals surface area contributed by atoms with E-state index in [0.29, 0.717) is 6.04 Å². The van der Waals surface area contributed by atoms with Crippen LogP contribution in [0.3, 0.4) is 0 Å². The molecule has 1 amide bonds. The van der Waals surface area contributed by atoms with Crippen LogP contribution >= 0.6 is 0 Å². The van der Waals surface area contributed by atoms with E-state index in [1.165, 1.54) is 6.42 Å². The SMILES string of the molecule is CC[C@@H](C)[NH+]1CCN(C(=O)C(c2ccccc2)c2ccccc2)CC1. The van der Waals surface area contributed by atoms with Crippen LogP contribution in [0.15, 0.2) is 60.7 Å². The number of nitrogens with zero attached hydrogens (tertiary/aromatic N) is 1. The van der Waals surface area contributed by atoms with Crippen molar-refractivity contribution in [2.24, 2.45) is 0 Å². The number of nitrogens with one attached hydrogen (secondary N) is 1. The van der Waals surface area contributed by atoms with E-state index in [9.17, 15) is 4.79 Å². The molecule has 0 saturated carbocycles. The number of carbonyl (C=O) groups excluding carboxylic acids is 1. The zero-order valence-corrected chi connectivity index (χ0v) is 15.3. The van der Waals surface area contributed by atoms with Crippen molar-refractivity contribution in [2.75, 3.05) is 26.2 Å². The van der Waals surface area contributed by atoms with Crippen molar-refractivity contribution in [3.63, 3.8) is 0 Å². The lowest BCUT2D eigenvalue weighted by Gasteiger charge is -2.36. The molecule has 2 aromatic carbocycles. The fourth-order valence-corrected chi connectivity index (χ4v) is 3.75. The molecular weight excluding hydrogens is 308 g/mol. The average molecular weight is 337 g/mol. The van der Waals surface area contributed by atoms with E-state index in [2.05, 4.69) is 43.0 Å². The van der Waals surface area contributed by atoms with E-state index in [-0.39, 0.29) is 11.8 Å². The Kier molecular flexibility index (Phi) is 5.87. The molecule has 1 saturated heterocycles. The van der Waals surface area contributed by atoms with Gasteiger partial charge >= 0.3 is 0 Å². The van der Waals surface area contributed by atoms with Gasteiger partial charge in [0.2, 0.25) is 5.91 Å². The van der Waals surface area contributed by atoms with Gasteiger partial charge in [0.05, 0.1) is 38.1 Å². The topological polar surface area (TPSA) is 24.8 Å².